The van der Waals surface area contributed by atoms with Gasteiger partial charge in [-0.15, -0.1) is 0 Å². The summed E-state index contributed by atoms with van der Waals surface area (Å²) in [5, 5.41) is 7.15. The lowest BCUT2D eigenvalue weighted by Gasteiger charge is -2.19. The summed E-state index contributed by atoms with van der Waals surface area (Å²) < 4.78 is 0. The molecule has 1 aromatic rings. The average molecular weight is 240 g/mol. The summed E-state index contributed by atoms with van der Waals surface area (Å²) in [6, 6.07) is 1.92. The molecule has 0 saturated carbocycles. The Labute approximate surface area is 102 Å². The Morgan fingerprint density at radius 1 is 1.25 bits per heavy atom. The Morgan fingerprint density at radius 2 is 1.88 bits per heavy atom. The zero-order chi connectivity index (χ0) is 12.2. The van der Waals surface area contributed by atoms with Gasteiger partial charge in [0.1, 0.15) is 11.6 Å². The molecule has 1 aromatic heterocycles. The number of aromatic nitrogens is 2. The zero-order valence-corrected chi connectivity index (χ0v) is 11.4. The van der Waals surface area contributed by atoms with Crippen LogP contribution in [0.15, 0.2) is 11.2 Å². The van der Waals surface area contributed by atoms with Crippen molar-refractivity contribution in [2.24, 2.45) is 5.41 Å². The van der Waals surface area contributed by atoms with Gasteiger partial charge < -0.3 is 10.6 Å². The summed E-state index contributed by atoms with van der Waals surface area (Å²) in [7, 11) is 1.86. The number of rotatable bonds is 4. The van der Waals surface area contributed by atoms with E-state index in [9.17, 15) is 0 Å². The van der Waals surface area contributed by atoms with Crippen LogP contribution in [0.1, 0.15) is 20.8 Å². The Bertz CT molecular complexity index is 324. The lowest BCUT2D eigenvalue weighted by atomic mass is 9.97. The van der Waals surface area contributed by atoms with Crippen molar-refractivity contribution in [2.45, 2.75) is 25.9 Å². The third-order valence-electron chi connectivity index (χ3n) is 1.94. The molecule has 0 aliphatic carbocycles. The van der Waals surface area contributed by atoms with Crippen molar-refractivity contribution < 1.29 is 0 Å². The normalized spacial score (nSPS) is 11.3. The van der Waals surface area contributed by atoms with E-state index >= 15 is 0 Å². The Kier molecular flexibility index (Phi) is 4.41. The van der Waals surface area contributed by atoms with Gasteiger partial charge in [-0.1, -0.05) is 32.5 Å². The third kappa shape index (κ3) is 4.26. The minimum Gasteiger partial charge on any atom is -0.373 e. The minimum absolute atomic E-state index is 0.240. The van der Waals surface area contributed by atoms with Crippen molar-refractivity contribution in [1.82, 2.24) is 9.97 Å². The highest BCUT2D eigenvalue weighted by Crippen LogP contribution is 2.19. The Morgan fingerprint density at radius 3 is 2.38 bits per heavy atom. The predicted molar refractivity (Wildman–Crippen MR) is 71.3 cm³/mol. The van der Waals surface area contributed by atoms with Gasteiger partial charge in [-0.2, -0.15) is 0 Å². The summed E-state index contributed by atoms with van der Waals surface area (Å²) >= 11 is 1.54. The van der Waals surface area contributed by atoms with E-state index < -0.39 is 0 Å². The van der Waals surface area contributed by atoms with Crippen LogP contribution in [-0.2, 0) is 0 Å². The molecule has 0 aliphatic heterocycles. The topological polar surface area (TPSA) is 49.8 Å². The molecule has 1 rings (SSSR count). The molecule has 0 amide bonds. The number of nitrogens with zero attached hydrogens (tertiary/aromatic N) is 2. The SMILES string of the molecule is CNc1cc(NCC(C)(C)C)nc(SC)n1. The molecule has 0 saturated heterocycles. The fraction of sp³-hybridized carbons (Fsp3) is 0.636. The standard InChI is InChI=1S/C11H20N4S/c1-11(2,3)7-13-9-6-8(12-4)14-10(15-9)16-5/h6H,7H2,1-5H3,(H2,12,13,14,15). The van der Waals surface area contributed by atoms with Gasteiger partial charge in [-0.05, 0) is 11.7 Å². The minimum atomic E-state index is 0.240. The molecule has 1 heterocycles. The maximum absolute atomic E-state index is 4.40. The quantitative estimate of drug-likeness (QED) is 0.626. The number of hydrogen-bond acceptors (Lipinski definition) is 5. The molecule has 0 aromatic carbocycles. The molecular formula is C11H20N4S. The second-order valence-electron chi connectivity index (χ2n) is 4.79. The maximum Gasteiger partial charge on any atom is 0.191 e. The average Bonchev–Trinajstić information content (AvgIpc) is 2.25. The molecule has 0 fully saturated rings. The van der Waals surface area contributed by atoms with Crippen LogP contribution in [0.4, 0.5) is 11.6 Å². The van der Waals surface area contributed by atoms with E-state index in [1.165, 1.54) is 0 Å². The Hall–Kier alpha value is -0.970. The van der Waals surface area contributed by atoms with Gasteiger partial charge in [0.2, 0.25) is 0 Å². The summed E-state index contributed by atoms with van der Waals surface area (Å²) in [5.74, 6) is 1.72. The smallest absolute Gasteiger partial charge is 0.191 e. The third-order valence-corrected chi connectivity index (χ3v) is 2.49. The van der Waals surface area contributed by atoms with Gasteiger partial charge in [0.05, 0.1) is 0 Å². The fourth-order valence-electron chi connectivity index (χ4n) is 1.09. The van der Waals surface area contributed by atoms with Crippen LogP contribution in [0.2, 0.25) is 0 Å². The van der Waals surface area contributed by atoms with E-state index in [1.807, 2.05) is 19.4 Å². The van der Waals surface area contributed by atoms with E-state index in [4.69, 9.17) is 0 Å². The molecule has 16 heavy (non-hydrogen) atoms. The first-order chi connectivity index (χ1) is 7.44. The number of nitrogens with one attached hydrogen (secondary N) is 2. The van der Waals surface area contributed by atoms with E-state index in [2.05, 4.69) is 41.4 Å². The number of anilines is 2. The van der Waals surface area contributed by atoms with E-state index in [1.54, 1.807) is 11.8 Å². The first kappa shape index (κ1) is 13.1. The largest absolute Gasteiger partial charge is 0.373 e. The van der Waals surface area contributed by atoms with Gasteiger partial charge in [0.15, 0.2) is 5.16 Å². The molecule has 4 nitrogen and oxygen atoms in total. The van der Waals surface area contributed by atoms with Crippen molar-refractivity contribution in [3.05, 3.63) is 6.07 Å². The number of thioether (sulfide) groups is 1. The molecule has 5 heteroatoms. The lowest BCUT2D eigenvalue weighted by Crippen LogP contribution is -2.19. The molecule has 0 unspecified atom stereocenters. The van der Waals surface area contributed by atoms with Gasteiger partial charge in [0, 0.05) is 19.7 Å². The summed E-state index contributed by atoms with van der Waals surface area (Å²) in [4.78, 5) is 8.72. The van der Waals surface area contributed by atoms with Crippen molar-refractivity contribution in [3.8, 4) is 0 Å². The van der Waals surface area contributed by atoms with E-state index in [0.717, 1.165) is 23.3 Å². The lowest BCUT2D eigenvalue weighted by molar-refractivity contribution is 0.442. The van der Waals surface area contributed by atoms with Crippen LogP contribution in [0.3, 0.4) is 0 Å². The highest BCUT2D eigenvalue weighted by Gasteiger charge is 2.10. The van der Waals surface area contributed by atoms with Crippen LogP contribution >= 0.6 is 11.8 Å². The molecule has 0 bridgehead atoms. The van der Waals surface area contributed by atoms with Crippen molar-refractivity contribution in [2.75, 3.05) is 30.5 Å². The second-order valence-corrected chi connectivity index (χ2v) is 5.56. The summed E-state index contributed by atoms with van der Waals surface area (Å²) in [6.07, 6.45) is 1.97. The highest BCUT2D eigenvalue weighted by atomic mass is 32.2. The van der Waals surface area contributed by atoms with Gasteiger partial charge in [-0.25, -0.2) is 9.97 Å². The summed E-state index contributed by atoms with van der Waals surface area (Å²) in [5.41, 5.74) is 0.240. The van der Waals surface area contributed by atoms with Crippen molar-refractivity contribution >= 4 is 23.4 Å². The van der Waals surface area contributed by atoms with Crippen LogP contribution in [0.25, 0.3) is 0 Å². The first-order valence-corrected chi connectivity index (χ1v) is 6.52. The van der Waals surface area contributed by atoms with Crippen LogP contribution < -0.4 is 10.6 Å². The second kappa shape index (κ2) is 5.39. The van der Waals surface area contributed by atoms with Gasteiger partial charge >= 0.3 is 0 Å². The molecular weight excluding hydrogens is 220 g/mol. The van der Waals surface area contributed by atoms with Crippen molar-refractivity contribution in [1.29, 1.82) is 0 Å². The molecule has 2 N–H and O–H groups in total. The molecule has 0 atom stereocenters. The number of hydrogen-bond donors (Lipinski definition) is 2. The first-order valence-electron chi connectivity index (χ1n) is 5.29. The zero-order valence-electron chi connectivity index (χ0n) is 10.6. The predicted octanol–water partition coefficient (Wildman–Crippen LogP) is 2.70. The molecule has 90 valence electrons. The molecule has 0 radical (unpaired) electrons. The fourth-order valence-corrected chi connectivity index (χ4v) is 1.47. The maximum atomic E-state index is 4.40. The van der Waals surface area contributed by atoms with Crippen LogP contribution in [-0.4, -0.2) is 29.8 Å². The highest BCUT2D eigenvalue weighted by molar-refractivity contribution is 7.98. The monoisotopic (exact) mass is 240 g/mol. The van der Waals surface area contributed by atoms with Crippen LogP contribution in [0.5, 0.6) is 0 Å². The van der Waals surface area contributed by atoms with E-state index in [0.29, 0.717) is 0 Å². The molecule has 0 spiro atoms. The van der Waals surface area contributed by atoms with E-state index in [-0.39, 0.29) is 5.41 Å². The van der Waals surface area contributed by atoms with Gasteiger partial charge in [-0.3, -0.25) is 0 Å². The van der Waals surface area contributed by atoms with Gasteiger partial charge in [0.25, 0.3) is 0 Å². The summed E-state index contributed by atoms with van der Waals surface area (Å²) in [6.45, 7) is 7.46. The Balaban J connectivity index is 2.79. The van der Waals surface area contributed by atoms with Crippen molar-refractivity contribution in [3.63, 3.8) is 0 Å². The van der Waals surface area contributed by atoms with Crippen LogP contribution in [0, 0.1) is 5.41 Å². The molecule has 0 aliphatic rings.